The lowest BCUT2D eigenvalue weighted by Crippen LogP contribution is -2.46. The zero-order valence-electron chi connectivity index (χ0n) is 29.8. The second kappa shape index (κ2) is 18.3. The van der Waals surface area contributed by atoms with Crippen LogP contribution in [0.15, 0.2) is 97.1 Å². The summed E-state index contributed by atoms with van der Waals surface area (Å²) in [6.45, 7) is 2.52. The highest BCUT2D eigenvalue weighted by Gasteiger charge is 2.37. The van der Waals surface area contributed by atoms with Gasteiger partial charge < -0.3 is 29.9 Å². The molecular formula is C42H48ClN3O7. The van der Waals surface area contributed by atoms with Crippen LogP contribution in [0, 0.1) is 0 Å². The van der Waals surface area contributed by atoms with Gasteiger partial charge in [0.15, 0.2) is 6.29 Å². The molecule has 4 aromatic carbocycles. The molecule has 0 spiro atoms. The Labute approximate surface area is 315 Å². The van der Waals surface area contributed by atoms with E-state index in [-0.39, 0.29) is 31.1 Å². The van der Waals surface area contributed by atoms with Gasteiger partial charge in [0.25, 0.3) is 0 Å². The number of hydrogen-bond acceptors (Lipinski definition) is 8. The number of amides is 2. The molecule has 0 saturated carbocycles. The van der Waals surface area contributed by atoms with Crippen molar-refractivity contribution in [3.05, 3.63) is 130 Å². The molecule has 53 heavy (non-hydrogen) atoms. The molecule has 2 fully saturated rings. The van der Waals surface area contributed by atoms with Gasteiger partial charge in [-0.05, 0) is 83.3 Å². The number of hydroxylamine groups is 1. The van der Waals surface area contributed by atoms with Gasteiger partial charge in [0, 0.05) is 56.0 Å². The Morgan fingerprint density at radius 3 is 2.19 bits per heavy atom. The van der Waals surface area contributed by atoms with Crippen LogP contribution in [0.2, 0.25) is 5.02 Å². The van der Waals surface area contributed by atoms with Crippen molar-refractivity contribution in [2.24, 2.45) is 0 Å². The van der Waals surface area contributed by atoms with Gasteiger partial charge in [0.2, 0.25) is 11.8 Å². The third kappa shape index (κ3) is 10.5. The topological polar surface area (TPSA) is 141 Å². The van der Waals surface area contributed by atoms with Crippen LogP contribution in [0.1, 0.15) is 85.2 Å². The molecule has 6 rings (SSSR count). The highest BCUT2D eigenvalue weighted by atomic mass is 35.5. The van der Waals surface area contributed by atoms with E-state index < -0.39 is 17.8 Å². The average molecular weight is 742 g/mol. The number of carbonyl (C=O) groups excluding carboxylic acids is 2. The molecule has 0 radical (unpaired) electrons. The molecule has 0 aromatic heterocycles. The number of nitrogens with zero attached hydrogens (tertiary/aromatic N) is 1. The molecule has 0 aliphatic carbocycles. The van der Waals surface area contributed by atoms with Crippen molar-refractivity contribution in [3.63, 3.8) is 0 Å². The van der Waals surface area contributed by atoms with Crippen molar-refractivity contribution in [3.8, 4) is 11.1 Å². The Bertz CT molecular complexity index is 1810. The van der Waals surface area contributed by atoms with Crippen LogP contribution in [-0.2, 0) is 37.8 Å². The molecule has 2 amide bonds. The number of likely N-dealkylation sites (tertiary alicyclic amines) is 1. The Morgan fingerprint density at radius 2 is 1.49 bits per heavy atom. The van der Waals surface area contributed by atoms with E-state index in [1.165, 1.54) is 0 Å². The normalized spacial score (nSPS) is 20.1. The van der Waals surface area contributed by atoms with Crippen LogP contribution in [0.4, 0.5) is 0 Å². The van der Waals surface area contributed by atoms with E-state index in [1.54, 1.807) is 5.48 Å². The van der Waals surface area contributed by atoms with Crippen molar-refractivity contribution in [1.82, 2.24) is 15.7 Å². The summed E-state index contributed by atoms with van der Waals surface area (Å²) in [7, 11) is 0. The van der Waals surface area contributed by atoms with E-state index in [4.69, 9.17) is 26.3 Å². The van der Waals surface area contributed by atoms with Gasteiger partial charge in [0.1, 0.15) is 0 Å². The van der Waals surface area contributed by atoms with Crippen LogP contribution in [0.5, 0.6) is 0 Å². The van der Waals surface area contributed by atoms with Gasteiger partial charge in [-0.25, -0.2) is 5.48 Å². The Hall–Kier alpha value is -4.13. The predicted octanol–water partition coefficient (Wildman–Crippen LogP) is 6.71. The quantitative estimate of drug-likeness (QED) is 0.0546. The van der Waals surface area contributed by atoms with Gasteiger partial charge in [0.05, 0.1) is 24.4 Å². The summed E-state index contributed by atoms with van der Waals surface area (Å²) in [5.74, 6) is -0.547. The van der Waals surface area contributed by atoms with E-state index in [9.17, 15) is 19.8 Å². The fourth-order valence-corrected chi connectivity index (χ4v) is 7.24. The molecule has 2 aliphatic heterocycles. The Morgan fingerprint density at radius 1 is 0.811 bits per heavy atom. The summed E-state index contributed by atoms with van der Waals surface area (Å²) in [4.78, 5) is 25.9. The smallest absolute Gasteiger partial charge is 0.243 e. The molecule has 2 saturated heterocycles. The molecule has 11 heteroatoms. The lowest BCUT2D eigenvalue weighted by Gasteiger charge is -2.42. The molecule has 280 valence electrons. The predicted molar refractivity (Wildman–Crippen MR) is 202 cm³/mol. The molecule has 0 bridgehead atoms. The lowest BCUT2D eigenvalue weighted by molar-refractivity contribution is -0.253. The van der Waals surface area contributed by atoms with E-state index >= 15 is 0 Å². The first kappa shape index (κ1) is 38.6. The highest BCUT2D eigenvalue weighted by Crippen LogP contribution is 2.40. The molecule has 2 aliphatic rings. The van der Waals surface area contributed by atoms with Crippen molar-refractivity contribution < 1.29 is 34.5 Å². The van der Waals surface area contributed by atoms with Crippen LogP contribution >= 0.6 is 11.6 Å². The van der Waals surface area contributed by atoms with Gasteiger partial charge in [-0.2, -0.15) is 0 Å². The maximum atomic E-state index is 12.4. The molecular weight excluding hydrogens is 694 g/mol. The first-order valence-corrected chi connectivity index (χ1v) is 18.7. The molecule has 3 unspecified atom stereocenters. The number of piperidine rings is 1. The number of ether oxygens (including phenoxy) is 2. The number of aliphatic hydroxyl groups is 2. The van der Waals surface area contributed by atoms with Gasteiger partial charge in [-0.1, -0.05) is 84.4 Å². The number of unbranched alkanes of at least 4 members (excludes halogenated alkanes) is 1. The van der Waals surface area contributed by atoms with Gasteiger partial charge in [-0.15, -0.1) is 0 Å². The zero-order chi connectivity index (χ0) is 37.2. The third-order valence-corrected chi connectivity index (χ3v) is 10.5. The first-order valence-electron chi connectivity index (χ1n) is 18.3. The lowest BCUT2D eigenvalue weighted by atomic mass is 9.84. The number of halogens is 1. The summed E-state index contributed by atoms with van der Waals surface area (Å²) >= 11 is 6.10. The largest absolute Gasteiger partial charge is 0.392 e. The molecule has 2 heterocycles. The monoisotopic (exact) mass is 741 g/mol. The maximum absolute atomic E-state index is 12.4. The molecule has 5 N–H and O–H groups in total. The minimum Gasteiger partial charge on any atom is -0.392 e. The second-order valence-electron chi connectivity index (χ2n) is 14.0. The number of benzene rings is 4. The second-order valence-corrected chi connectivity index (χ2v) is 14.5. The van der Waals surface area contributed by atoms with Crippen molar-refractivity contribution in [2.45, 2.75) is 82.2 Å². The van der Waals surface area contributed by atoms with Gasteiger partial charge >= 0.3 is 0 Å². The highest BCUT2D eigenvalue weighted by molar-refractivity contribution is 6.30. The SMILES string of the molecule is O=C(CCCCC(=O)NCc1cccc(-c2cccc(C3OC(CN4CCC(O)(c5ccc(Cl)cc5)CC4)CC(c4ccc(CO)cc4)O3)c2)c1)NO. The van der Waals surface area contributed by atoms with Crippen LogP contribution < -0.4 is 10.8 Å². The zero-order valence-corrected chi connectivity index (χ0v) is 30.5. The van der Waals surface area contributed by atoms with E-state index in [0.29, 0.717) is 56.6 Å². The fourth-order valence-electron chi connectivity index (χ4n) is 7.12. The number of nitrogens with one attached hydrogen (secondary N) is 2. The van der Waals surface area contributed by atoms with Crippen LogP contribution in [0.3, 0.4) is 0 Å². The van der Waals surface area contributed by atoms with E-state index in [1.807, 2.05) is 84.9 Å². The first-order chi connectivity index (χ1) is 25.7. The van der Waals surface area contributed by atoms with E-state index in [2.05, 4.69) is 22.3 Å². The fraction of sp³-hybridized carbons (Fsp3) is 0.381. The Kier molecular flexibility index (Phi) is 13.3. The molecule has 4 aromatic rings. The standard InChI is InChI=1S/C42H48ClN3O7/c43-36-17-15-35(16-18-36)42(50)19-21-46(22-20-42)27-37-25-38(31-13-11-29(28-47)12-14-31)53-41(52-37)34-8-4-7-33(24-34)32-6-3-5-30(23-32)26-44-39(48)9-1-2-10-40(49)45-51/h3-8,11-18,23-24,37-38,41,47,50-51H,1-2,9-10,19-22,25-28H2,(H,44,48)(H,45,49). The van der Waals surface area contributed by atoms with Crippen LogP contribution in [0.25, 0.3) is 11.1 Å². The summed E-state index contributed by atoms with van der Waals surface area (Å²) in [5, 5.41) is 33.3. The van der Waals surface area contributed by atoms with Crippen molar-refractivity contribution in [2.75, 3.05) is 19.6 Å². The van der Waals surface area contributed by atoms with Crippen molar-refractivity contribution in [1.29, 1.82) is 0 Å². The summed E-state index contributed by atoms with van der Waals surface area (Å²) < 4.78 is 13.4. The maximum Gasteiger partial charge on any atom is 0.243 e. The van der Waals surface area contributed by atoms with Crippen LogP contribution in [-0.4, -0.2) is 57.9 Å². The van der Waals surface area contributed by atoms with E-state index in [0.717, 1.165) is 52.0 Å². The summed E-state index contributed by atoms with van der Waals surface area (Å²) in [6, 6.07) is 31.5. The summed E-state index contributed by atoms with van der Waals surface area (Å²) in [5.41, 5.74) is 7.33. The minimum absolute atomic E-state index is 0.0226. The van der Waals surface area contributed by atoms with Gasteiger partial charge in [-0.3, -0.25) is 14.8 Å². The van der Waals surface area contributed by atoms with Crippen molar-refractivity contribution >= 4 is 23.4 Å². The third-order valence-electron chi connectivity index (χ3n) is 10.2. The number of aliphatic hydroxyl groups excluding tert-OH is 1. The minimum atomic E-state index is -0.887. The number of carbonyl (C=O) groups is 2. The number of hydrogen-bond donors (Lipinski definition) is 5. The Balaban J connectivity index is 1.12. The number of rotatable bonds is 14. The average Bonchev–Trinajstić information content (AvgIpc) is 3.20. The molecule has 10 nitrogen and oxygen atoms in total. The molecule has 3 atom stereocenters. The summed E-state index contributed by atoms with van der Waals surface area (Å²) in [6.07, 6.45) is 2.49.